The van der Waals surface area contributed by atoms with Gasteiger partial charge in [0.25, 0.3) is 5.91 Å². The molecule has 1 saturated heterocycles. The predicted octanol–water partition coefficient (Wildman–Crippen LogP) is 3.33. The Morgan fingerprint density at radius 3 is 2.93 bits per heavy atom. The number of aryl methyl sites for hydroxylation is 2. The molecule has 3 heterocycles. The SMILES string of the molecule is Cc1cccc(Oc2cncc(C3CCCN(C(=O)c4cnn(C)c4)C3)n2)c1. The first-order valence-corrected chi connectivity index (χ1v) is 9.43. The number of piperidine rings is 1. The zero-order chi connectivity index (χ0) is 19.5. The number of benzene rings is 1. The fourth-order valence-electron chi connectivity index (χ4n) is 3.53. The zero-order valence-corrected chi connectivity index (χ0v) is 16.1. The molecule has 1 aromatic carbocycles. The molecule has 2 aromatic heterocycles. The Kier molecular flexibility index (Phi) is 5.06. The first kappa shape index (κ1) is 18.2. The molecule has 1 fully saturated rings. The summed E-state index contributed by atoms with van der Waals surface area (Å²) in [4.78, 5) is 23.6. The third-order valence-electron chi connectivity index (χ3n) is 4.92. The Bertz CT molecular complexity index is 984. The Labute approximate surface area is 164 Å². The fraction of sp³-hybridized carbons (Fsp3) is 0.333. The number of ether oxygens (including phenoxy) is 1. The van der Waals surface area contributed by atoms with Crippen molar-refractivity contribution in [2.45, 2.75) is 25.7 Å². The van der Waals surface area contributed by atoms with E-state index in [2.05, 4.69) is 15.1 Å². The third-order valence-corrected chi connectivity index (χ3v) is 4.92. The van der Waals surface area contributed by atoms with Crippen molar-refractivity contribution in [3.05, 3.63) is 65.9 Å². The average molecular weight is 377 g/mol. The molecule has 0 radical (unpaired) electrons. The molecule has 4 rings (SSSR count). The van der Waals surface area contributed by atoms with Crippen LogP contribution in [-0.4, -0.2) is 43.6 Å². The van der Waals surface area contributed by atoms with Crippen LogP contribution in [0.4, 0.5) is 0 Å². The highest BCUT2D eigenvalue weighted by Crippen LogP contribution is 2.28. The van der Waals surface area contributed by atoms with Gasteiger partial charge in [-0.25, -0.2) is 4.98 Å². The van der Waals surface area contributed by atoms with Gasteiger partial charge in [0.05, 0.1) is 23.7 Å². The monoisotopic (exact) mass is 377 g/mol. The highest BCUT2D eigenvalue weighted by Gasteiger charge is 2.27. The van der Waals surface area contributed by atoms with E-state index >= 15 is 0 Å². The van der Waals surface area contributed by atoms with Crippen molar-refractivity contribution in [3.8, 4) is 11.6 Å². The van der Waals surface area contributed by atoms with Gasteiger partial charge in [-0.2, -0.15) is 5.10 Å². The maximum atomic E-state index is 12.7. The summed E-state index contributed by atoms with van der Waals surface area (Å²) in [5, 5.41) is 4.10. The lowest BCUT2D eigenvalue weighted by Crippen LogP contribution is -2.39. The van der Waals surface area contributed by atoms with Crippen molar-refractivity contribution in [2.24, 2.45) is 7.05 Å². The molecule has 0 bridgehead atoms. The third kappa shape index (κ3) is 4.03. The van der Waals surface area contributed by atoms with E-state index < -0.39 is 0 Å². The van der Waals surface area contributed by atoms with E-state index in [1.807, 2.05) is 43.1 Å². The first-order chi connectivity index (χ1) is 13.6. The lowest BCUT2D eigenvalue weighted by Gasteiger charge is -2.32. The number of nitrogens with zero attached hydrogens (tertiary/aromatic N) is 5. The second-order valence-electron chi connectivity index (χ2n) is 7.19. The number of hydrogen-bond donors (Lipinski definition) is 0. The second-order valence-corrected chi connectivity index (χ2v) is 7.19. The van der Waals surface area contributed by atoms with Crippen LogP contribution in [0.5, 0.6) is 11.6 Å². The van der Waals surface area contributed by atoms with Crippen LogP contribution in [0.3, 0.4) is 0 Å². The Balaban J connectivity index is 1.48. The minimum atomic E-state index is 0.0120. The number of rotatable bonds is 4. The minimum Gasteiger partial charge on any atom is -0.437 e. The van der Waals surface area contributed by atoms with Gasteiger partial charge in [-0.3, -0.25) is 14.5 Å². The van der Waals surface area contributed by atoms with E-state index in [1.54, 1.807) is 29.5 Å². The molecule has 0 aliphatic carbocycles. The van der Waals surface area contributed by atoms with Gasteiger partial charge < -0.3 is 9.64 Å². The smallest absolute Gasteiger partial charge is 0.257 e. The summed E-state index contributed by atoms with van der Waals surface area (Å²) in [5.74, 6) is 1.36. The van der Waals surface area contributed by atoms with Crippen LogP contribution in [0, 0.1) is 6.92 Å². The number of carbonyl (C=O) groups excluding carboxylic acids is 1. The van der Waals surface area contributed by atoms with Crippen molar-refractivity contribution >= 4 is 5.91 Å². The van der Waals surface area contributed by atoms with E-state index in [0.717, 1.165) is 36.4 Å². The van der Waals surface area contributed by atoms with Gasteiger partial charge in [0.15, 0.2) is 0 Å². The highest BCUT2D eigenvalue weighted by atomic mass is 16.5. The maximum absolute atomic E-state index is 12.7. The quantitative estimate of drug-likeness (QED) is 0.697. The summed E-state index contributed by atoms with van der Waals surface area (Å²) in [5.41, 5.74) is 2.60. The minimum absolute atomic E-state index is 0.0120. The van der Waals surface area contributed by atoms with Crippen molar-refractivity contribution in [1.29, 1.82) is 0 Å². The maximum Gasteiger partial charge on any atom is 0.257 e. The lowest BCUT2D eigenvalue weighted by atomic mass is 9.94. The largest absolute Gasteiger partial charge is 0.437 e. The summed E-state index contributed by atoms with van der Waals surface area (Å²) in [7, 11) is 1.81. The van der Waals surface area contributed by atoms with Gasteiger partial charge in [-0.1, -0.05) is 12.1 Å². The number of amides is 1. The van der Waals surface area contributed by atoms with E-state index in [9.17, 15) is 4.79 Å². The van der Waals surface area contributed by atoms with Crippen LogP contribution >= 0.6 is 0 Å². The lowest BCUT2D eigenvalue weighted by molar-refractivity contribution is 0.0705. The number of aromatic nitrogens is 4. The van der Waals surface area contributed by atoms with Gasteiger partial charge >= 0.3 is 0 Å². The Hall–Kier alpha value is -3.22. The molecule has 7 nitrogen and oxygen atoms in total. The summed E-state index contributed by atoms with van der Waals surface area (Å²) in [6.45, 7) is 3.39. The molecule has 144 valence electrons. The predicted molar refractivity (Wildman–Crippen MR) is 104 cm³/mol. The highest BCUT2D eigenvalue weighted by molar-refractivity contribution is 5.93. The van der Waals surface area contributed by atoms with E-state index in [-0.39, 0.29) is 11.8 Å². The molecule has 1 atom stereocenters. The standard InChI is InChI=1S/C21H23N5O2/c1-15-5-3-7-18(9-15)28-20-12-22-11-19(24-20)16-6-4-8-26(14-16)21(27)17-10-23-25(2)13-17/h3,5,7,9-13,16H,4,6,8,14H2,1-2H3. The molecule has 0 spiro atoms. The molecule has 28 heavy (non-hydrogen) atoms. The van der Waals surface area contributed by atoms with Gasteiger partial charge in [0.1, 0.15) is 5.75 Å². The van der Waals surface area contributed by atoms with Crippen LogP contribution in [-0.2, 0) is 7.05 Å². The van der Waals surface area contributed by atoms with E-state index in [4.69, 9.17) is 4.74 Å². The number of carbonyl (C=O) groups is 1. The van der Waals surface area contributed by atoms with Crippen LogP contribution < -0.4 is 4.74 Å². The van der Waals surface area contributed by atoms with Crippen molar-refractivity contribution < 1.29 is 9.53 Å². The molecule has 1 aliphatic heterocycles. The Morgan fingerprint density at radius 2 is 2.14 bits per heavy atom. The fourth-order valence-corrected chi connectivity index (χ4v) is 3.53. The topological polar surface area (TPSA) is 73.1 Å². The molecular formula is C21H23N5O2. The van der Waals surface area contributed by atoms with Crippen LogP contribution in [0.1, 0.15) is 40.4 Å². The molecule has 1 amide bonds. The summed E-state index contributed by atoms with van der Waals surface area (Å²) >= 11 is 0. The average Bonchev–Trinajstić information content (AvgIpc) is 3.14. The molecular weight excluding hydrogens is 354 g/mol. The normalized spacial score (nSPS) is 16.8. The zero-order valence-electron chi connectivity index (χ0n) is 16.1. The van der Waals surface area contributed by atoms with Gasteiger partial charge in [-0.15, -0.1) is 0 Å². The van der Waals surface area contributed by atoms with Gasteiger partial charge in [0, 0.05) is 38.4 Å². The molecule has 1 aliphatic rings. The summed E-state index contributed by atoms with van der Waals surface area (Å²) < 4.78 is 7.52. The van der Waals surface area contributed by atoms with Crippen molar-refractivity contribution in [1.82, 2.24) is 24.6 Å². The molecule has 1 unspecified atom stereocenters. The summed E-state index contributed by atoms with van der Waals surface area (Å²) in [6, 6.07) is 7.83. The second kappa shape index (κ2) is 7.80. The molecule has 0 N–H and O–H groups in total. The van der Waals surface area contributed by atoms with Crippen LogP contribution in [0.2, 0.25) is 0 Å². The number of hydrogen-bond acceptors (Lipinski definition) is 5. The van der Waals surface area contributed by atoms with Gasteiger partial charge in [-0.05, 0) is 37.5 Å². The first-order valence-electron chi connectivity index (χ1n) is 9.43. The summed E-state index contributed by atoms with van der Waals surface area (Å²) in [6.07, 6.45) is 8.66. The number of likely N-dealkylation sites (tertiary alicyclic amines) is 1. The van der Waals surface area contributed by atoms with Gasteiger partial charge in [0.2, 0.25) is 5.88 Å². The van der Waals surface area contributed by atoms with Crippen LogP contribution in [0.15, 0.2) is 49.1 Å². The van der Waals surface area contributed by atoms with Crippen molar-refractivity contribution in [2.75, 3.05) is 13.1 Å². The Morgan fingerprint density at radius 1 is 1.25 bits per heavy atom. The molecule has 3 aromatic rings. The van der Waals surface area contributed by atoms with Crippen LogP contribution in [0.25, 0.3) is 0 Å². The van der Waals surface area contributed by atoms with E-state index in [0.29, 0.717) is 18.0 Å². The van der Waals surface area contributed by atoms with E-state index in [1.165, 1.54) is 0 Å². The molecule has 7 heteroatoms. The van der Waals surface area contributed by atoms with Crippen molar-refractivity contribution in [3.63, 3.8) is 0 Å². The molecule has 0 saturated carbocycles.